The second kappa shape index (κ2) is 3.52. The van der Waals surface area contributed by atoms with Crippen molar-refractivity contribution in [1.29, 1.82) is 0 Å². The van der Waals surface area contributed by atoms with Gasteiger partial charge in [-0.25, -0.2) is 0 Å². The van der Waals surface area contributed by atoms with Gasteiger partial charge in [-0.3, -0.25) is 0 Å². The lowest BCUT2D eigenvalue weighted by Gasteiger charge is -2.34. The predicted octanol–water partition coefficient (Wildman–Crippen LogP) is 1.42. The van der Waals surface area contributed by atoms with Crippen LogP contribution in [-0.2, 0) is 0 Å². The van der Waals surface area contributed by atoms with Gasteiger partial charge >= 0.3 is 0 Å². The van der Waals surface area contributed by atoms with Gasteiger partial charge in [0.1, 0.15) is 5.76 Å². The van der Waals surface area contributed by atoms with E-state index in [1.807, 2.05) is 12.1 Å². The lowest BCUT2D eigenvalue weighted by atomic mass is 9.87. The molecule has 0 aromatic carbocycles. The Kier molecular flexibility index (Phi) is 2.38. The van der Waals surface area contributed by atoms with Gasteiger partial charge in [-0.2, -0.15) is 0 Å². The number of hydrogen-bond acceptors (Lipinski definition) is 3. The van der Waals surface area contributed by atoms with Crippen molar-refractivity contribution in [2.45, 2.75) is 37.9 Å². The molecule has 3 heteroatoms. The summed E-state index contributed by atoms with van der Waals surface area (Å²) in [7, 11) is 0. The van der Waals surface area contributed by atoms with E-state index in [0.717, 1.165) is 18.6 Å². The average molecular weight is 180 g/mol. The lowest BCUT2D eigenvalue weighted by Crippen LogP contribution is -2.48. The van der Waals surface area contributed by atoms with Crippen LogP contribution < -0.4 is 11.1 Å². The van der Waals surface area contributed by atoms with Crippen molar-refractivity contribution in [2.24, 2.45) is 5.73 Å². The molecule has 1 aromatic rings. The summed E-state index contributed by atoms with van der Waals surface area (Å²) < 4.78 is 5.30. The molecule has 1 heterocycles. The summed E-state index contributed by atoms with van der Waals surface area (Å²) in [5.74, 6) is 1.00. The van der Waals surface area contributed by atoms with Gasteiger partial charge in [0.25, 0.3) is 0 Å². The fourth-order valence-corrected chi connectivity index (χ4v) is 1.77. The van der Waals surface area contributed by atoms with Crippen LogP contribution in [0.3, 0.4) is 0 Å². The summed E-state index contributed by atoms with van der Waals surface area (Å²) in [6.45, 7) is 2.11. The molecule has 1 atom stereocenters. The maximum Gasteiger partial charge on any atom is 0.120 e. The molecular weight excluding hydrogens is 164 g/mol. The van der Waals surface area contributed by atoms with Gasteiger partial charge in [0.05, 0.1) is 12.3 Å². The Morgan fingerprint density at radius 3 is 2.92 bits per heavy atom. The van der Waals surface area contributed by atoms with Crippen molar-refractivity contribution < 1.29 is 4.42 Å². The zero-order chi connectivity index (χ0) is 9.26. The molecule has 0 unspecified atom stereocenters. The predicted molar refractivity (Wildman–Crippen MR) is 51.3 cm³/mol. The fourth-order valence-electron chi connectivity index (χ4n) is 1.77. The SMILES string of the molecule is C[C@H](NC1CC(N)C1)c1ccco1. The van der Waals surface area contributed by atoms with E-state index in [0.29, 0.717) is 18.1 Å². The molecule has 0 saturated heterocycles. The van der Waals surface area contributed by atoms with Crippen molar-refractivity contribution in [1.82, 2.24) is 5.32 Å². The van der Waals surface area contributed by atoms with Gasteiger partial charge in [-0.15, -0.1) is 0 Å². The van der Waals surface area contributed by atoms with Gasteiger partial charge in [-0.1, -0.05) is 0 Å². The van der Waals surface area contributed by atoms with Crippen LogP contribution in [0, 0.1) is 0 Å². The molecule has 13 heavy (non-hydrogen) atoms. The normalized spacial score (nSPS) is 29.7. The number of nitrogens with one attached hydrogen (secondary N) is 1. The third kappa shape index (κ3) is 1.92. The van der Waals surface area contributed by atoms with E-state index in [9.17, 15) is 0 Å². The topological polar surface area (TPSA) is 51.2 Å². The largest absolute Gasteiger partial charge is 0.468 e. The number of hydrogen-bond donors (Lipinski definition) is 2. The number of furan rings is 1. The average Bonchev–Trinajstić information content (AvgIpc) is 2.53. The quantitative estimate of drug-likeness (QED) is 0.739. The molecule has 1 fully saturated rings. The van der Waals surface area contributed by atoms with Crippen LogP contribution in [0.2, 0.25) is 0 Å². The summed E-state index contributed by atoms with van der Waals surface area (Å²) >= 11 is 0. The molecule has 1 saturated carbocycles. The second-order valence-electron chi connectivity index (χ2n) is 3.83. The molecule has 1 aliphatic carbocycles. The van der Waals surface area contributed by atoms with Gasteiger partial charge < -0.3 is 15.5 Å². The summed E-state index contributed by atoms with van der Waals surface area (Å²) in [6, 6.07) is 5.19. The first-order valence-corrected chi connectivity index (χ1v) is 4.80. The van der Waals surface area contributed by atoms with Crippen molar-refractivity contribution in [3.63, 3.8) is 0 Å². The molecule has 0 aliphatic heterocycles. The van der Waals surface area contributed by atoms with Crippen LogP contribution in [0.5, 0.6) is 0 Å². The summed E-state index contributed by atoms with van der Waals surface area (Å²) in [6.07, 6.45) is 3.89. The molecule has 0 bridgehead atoms. The summed E-state index contributed by atoms with van der Waals surface area (Å²) in [5, 5.41) is 3.48. The maximum absolute atomic E-state index is 5.70. The number of nitrogens with two attached hydrogens (primary N) is 1. The number of rotatable bonds is 3. The minimum Gasteiger partial charge on any atom is -0.468 e. The van der Waals surface area contributed by atoms with Crippen LogP contribution in [0.1, 0.15) is 31.6 Å². The highest BCUT2D eigenvalue weighted by Gasteiger charge is 2.27. The summed E-state index contributed by atoms with van der Waals surface area (Å²) in [5.41, 5.74) is 5.70. The van der Waals surface area contributed by atoms with E-state index in [4.69, 9.17) is 10.2 Å². The Labute approximate surface area is 78.3 Å². The lowest BCUT2D eigenvalue weighted by molar-refractivity contribution is 0.260. The highest BCUT2D eigenvalue weighted by molar-refractivity contribution is 5.04. The Balaban J connectivity index is 1.82. The van der Waals surface area contributed by atoms with Gasteiger partial charge in [-0.05, 0) is 31.9 Å². The second-order valence-corrected chi connectivity index (χ2v) is 3.83. The molecule has 72 valence electrons. The molecule has 1 aromatic heterocycles. The van der Waals surface area contributed by atoms with E-state index >= 15 is 0 Å². The highest BCUT2D eigenvalue weighted by Crippen LogP contribution is 2.22. The van der Waals surface area contributed by atoms with Crippen molar-refractivity contribution in [2.75, 3.05) is 0 Å². The Bertz CT molecular complexity index is 252. The molecule has 3 N–H and O–H groups in total. The van der Waals surface area contributed by atoms with E-state index in [2.05, 4.69) is 12.2 Å². The van der Waals surface area contributed by atoms with E-state index in [-0.39, 0.29) is 0 Å². The first-order chi connectivity index (χ1) is 6.25. The van der Waals surface area contributed by atoms with Gasteiger partial charge in [0.2, 0.25) is 0 Å². The van der Waals surface area contributed by atoms with Crippen LogP contribution in [0.4, 0.5) is 0 Å². The molecule has 3 nitrogen and oxygen atoms in total. The zero-order valence-electron chi connectivity index (χ0n) is 7.86. The van der Waals surface area contributed by atoms with E-state index in [1.165, 1.54) is 0 Å². The minimum atomic E-state index is 0.299. The summed E-state index contributed by atoms with van der Waals surface area (Å²) in [4.78, 5) is 0. The highest BCUT2D eigenvalue weighted by atomic mass is 16.3. The Morgan fingerprint density at radius 2 is 2.38 bits per heavy atom. The maximum atomic E-state index is 5.70. The Hall–Kier alpha value is -0.800. The molecular formula is C10H16N2O. The van der Waals surface area contributed by atoms with Crippen molar-refractivity contribution in [3.05, 3.63) is 24.2 Å². The van der Waals surface area contributed by atoms with Gasteiger partial charge in [0, 0.05) is 12.1 Å². The Morgan fingerprint density at radius 1 is 1.62 bits per heavy atom. The van der Waals surface area contributed by atoms with E-state index < -0.39 is 0 Å². The zero-order valence-corrected chi connectivity index (χ0v) is 7.86. The van der Waals surface area contributed by atoms with Crippen molar-refractivity contribution >= 4 is 0 Å². The third-order valence-corrected chi connectivity index (χ3v) is 2.63. The molecule has 2 rings (SSSR count). The monoisotopic (exact) mass is 180 g/mol. The van der Waals surface area contributed by atoms with Crippen molar-refractivity contribution in [3.8, 4) is 0 Å². The molecule has 0 radical (unpaired) electrons. The first kappa shape index (κ1) is 8.78. The van der Waals surface area contributed by atoms with E-state index in [1.54, 1.807) is 6.26 Å². The minimum absolute atomic E-state index is 0.299. The molecule has 1 aliphatic rings. The molecule has 0 amide bonds. The van der Waals surface area contributed by atoms with Crippen LogP contribution in [0.25, 0.3) is 0 Å². The smallest absolute Gasteiger partial charge is 0.120 e. The fraction of sp³-hybridized carbons (Fsp3) is 0.600. The van der Waals surface area contributed by atoms with Gasteiger partial charge in [0.15, 0.2) is 0 Å². The standard InChI is InChI=1S/C10H16N2O/c1-7(10-3-2-4-13-10)12-9-5-8(11)6-9/h2-4,7-9,12H,5-6,11H2,1H3/t7-,8?,9?/m0/s1. The van der Waals surface area contributed by atoms with Crippen LogP contribution >= 0.6 is 0 Å². The van der Waals surface area contributed by atoms with Crippen LogP contribution in [0.15, 0.2) is 22.8 Å². The van der Waals surface area contributed by atoms with Crippen LogP contribution in [-0.4, -0.2) is 12.1 Å². The molecule has 0 spiro atoms. The third-order valence-electron chi connectivity index (χ3n) is 2.63. The first-order valence-electron chi connectivity index (χ1n) is 4.80.